The molecule has 116 valence electrons. The molecule has 2 heterocycles. The number of carbonyl (C=O) groups excluding carboxylic acids is 1. The van der Waals surface area contributed by atoms with E-state index < -0.39 is 0 Å². The van der Waals surface area contributed by atoms with E-state index in [1.807, 2.05) is 18.2 Å². The van der Waals surface area contributed by atoms with Gasteiger partial charge in [0.1, 0.15) is 0 Å². The number of nitrogens with one attached hydrogen (secondary N) is 1. The lowest BCUT2D eigenvalue weighted by atomic mass is 10.2. The Labute approximate surface area is 139 Å². The summed E-state index contributed by atoms with van der Waals surface area (Å²) in [7, 11) is 0. The lowest BCUT2D eigenvalue weighted by Crippen LogP contribution is -2.27. The second-order valence-electron chi connectivity index (χ2n) is 5.49. The third-order valence-corrected chi connectivity index (χ3v) is 5.31. The second-order valence-corrected chi connectivity index (χ2v) is 6.87. The van der Waals surface area contributed by atoms with E-state index in [-0.39, 0.29) is 5.91 Å². The van der Waals surface area contributed by atoms with E-state index in [4.69, 9.17) is 11.6 Å². The molecule has 1 amide bonds. The van der Waals surface area contributed by atoms with E-state index in [1.54, 1.807) is 17.4 Å². The van der Waals surface area contributed by atoms with Gasteiger partial charge in [0.05, 0.1) is 10.7 Å². The van der Waals surface area contributed by atoms with Crippen molar-refractivity contribution in [1.82, 2.24) is 4.90 Å². The minimum atomic E-state index is 0.0185. The number of thiophene rings is 1. The maximum absolute atomic E-state index is 12.1. The number of amides is 1. The molecule has 0 spiro atoms. The third kappa shape index (κ3) is 3.69. The summed E-state index contributed by atoms with van der Waals surface area (Å²) in [6, 6.07) is 12.1. The molecular formula is C17H19ClN2OS. The minimum absolute atomic E-state index is 0.0185. The number of benzene rings is 1. The van der Waals surface area contributed by atoms with Crippen LogP contribution in [0.4, 0.5) is 5.69 Å². The fraction of sp³-hybridized carbons (Fsp3) is 0.353. The zero-order valence-electron chi connectivity index (χ0n) is 12.3. The van der Waals surface area contributed by atoms with Crippen molar-refractivity contribution in [2.75, 3.05) is 18.4 Å². The maximum atomic E-state index is 12.1. The van der Waals surface area contributed by atoms with Gasteiger partial charge in [0.2, 0.25) is 5.91 Å². The quantitative estimate of drug-likeness (QED) is 0.868. The Kier molecular flexibility index (Phi) is 5.13. The van der Waals surface area contributed by atoms with Crippen molar-refractivity contribution in [3.63, 3.8) is 0 Å². The number of para-hydroxylation sites is 1. The van der Waals surface area contributed by atoms with E-state index in [0.29, 0.717) is 23.2 Å². The smallest absolute Gasteiger partial charge is 0.225 e. The summed E-state index contributed by atoms with van der Waals surface area (Å²) >= 11 is 7.87. The number of nitrogens with zero attached hydrogens (tertiary/aromatic N) is 1. The fourth-order valence-electron chi connectivity index (χ4n) is 2.92. The van der Waals surface area contributed by atoms with Gasteiger partial charge in [-0.2, -0.15) is 0 Å². The van der Waals surface area contributed by atoms with Crippen molar-refractivity contribution in [2.24, 2.45) is 0 Å². The summed E-state index contributed by atoms with van der Waals surface area (Å²) in [4.78, 5) is 15.9. The van der Waals surface area contributed by atoms with Crippen molar-refractivity contribution >= 4 is 34.5 Å². The Morgan fingerprint density at radius 1 is 1.32 bits per heavy atom. The van der Waals surface area contributed by atoms with Crippen LogP contribution in [0.1, 0.15) is 30.2 Å². The van der Waals surface area contributed by atoms with Gasteiger partial charge >= 0.3 is 0 Å². The van der Waals surface area contributed by atoms with Crippen molar-refractivity contribution in [2.45, 2.75) is 25.3 Å². The average molecular weight is 335 g/mol. The molecule has 22 heavy (non-hydrogen) atoms. The predicted molar refractivity (Wildman–Crippen MR) is 92.6 cm³/mol. The minimum Gasteiger partial charge on any atom is -0.325 e. The monoisotopic (exact) mass is 334 g/mol. The Balaban J connectivity index is 1.54. The molecule has 1 aromatic heterocycles. The molecule has 2 aromatic rings. The van der Waals surface area contributed by atoms with Crippen molar-refractivity contribution in [1.29, 1.82) is 0 Å². The van der Waals surface area contributed by atoms with E-state index >= 15 is 0 Å². The number of hydrogen-bond donors (Lipinski definition) is 1. The molecule has 0 bridgehead atoms. The standard InChI is InChI=1S/C17H19ClN2OS/c18-13-5-1-2-6-14(13)19-17(21)9-11-20-10-3-7-15(20)16-8-4-12-22-16/h1-2,4-6,8,12,15H,3,7,9-11H2,(H,19,21). The molecule has 0 radical (unpaired) electrons. The first kappa shape index (κ1) is 15.5. The van der Waals surface area contributed by atoms with Crippen LogP contribution >= 0.6 is 22.9 Å². The third-order valence-electron chi connectivity index (χ3n) is 4.01. The molecule has 1 aromatic carbocycles. The summed E-state index contributed by atoms with van der Waals surface area (Å²) in [5.41, 5.74) is 0.686. The molecule has 0 aliphatic carbocycles. The largest absolute Gasteiger partial charge is 0.325 e. The molecule has 0 saturated carbocycles. The van der Waals surface area contributed by atoms with Crippen LogP contribution in [0, 0.1) is 0 Å². The van der Waals surface area contributed by atoms with Crippen LogP contribution in [0.25, 0.3) is 0 Å². The number of rotatable bonds is 5. The Morgan fingerprint density at radius 2 is 2.18 bits per heavy atom. The summed E-state index contributed by atoms with van der Waals surface area (Å²) < 4.78 is 0. The first-order valence-electron chi connectivity index (χ1n) is 7.56. The van der Waals surface area contributed by atoms with Gasteiger partial charge in [-0.15, -0.1) is 11.3 Å². The zero-order chi connectivity index (χ0) is 15.4. The highest BCUT2D eigenvalue weighted by molar-refractivity contribution is 7.10. The van der Waals surface area contributed by atoms with Crippen LogP contribution < -0.4 is 5.32 Å². The van der Waals surface area contributed by atoms with E-state index in [9.17, 15) is 4.79 Å². The molecule has 1 unspecified atom stereocenters. The SMILES string of the molecule is O=C(CCN1CCCC1c1cccs1)Nc1ccccc1Cl. The number of likely N-dealkylation sites (tertiary alicyclic amines) is 1. The topological polar surface area (TPSA) is 32.3 Å². The molecule has 3 rings (SSSR count). The molecular weight excluding hydrogens is 316 g/mol. The Hall–Kier alpha value is -1.36. The summed E-state index contributed by atoms with van der Waals surface area (Å²) in [5.74, 6) is 0.0185. The van der Waals surface area contributed by atoms with Crippen LogP contribution in [0.5, 0.6) is 0 Å². The number of hydrogen-bond acceptors (Lipinski definition) is 3. The van der Waals surface area contributed by atoms with Crippen molar-refractivity contribution in [3.05, 3.63) is 51.7 Å². The lowest BCUT2D eigenvalue weighted by Gasteiger charge is -2.23. The highest BCUT2D eigenvalue weighted by atomic mass is 35.5. The van der Waals surface area contributed by atoms with E-state index in [2.05, 4.69) is 27.7 Å². The Bertz CT molecular complexity index is 629. The molecule has 1 aliphatic heterocycles. The van der Waals surface area contributed by atoms with Gasteiger partial charge in [0.15, 0.2) is 0 Å². The number of carbonyl (C=O) groups is 1. The van der Waals surface area contributed by atoms with Gasteiger partial charge in [-0.05, 0) is 43.0 Å². The van der Waals surface area contributed by atoms with Gasteiger partial charge in [-0.3, -0.25) is 9.69 Å². The van der Waals surface area contributed by atoms with Gasteiger partial charge in [-0.1, -0.05) is 29.8 Å². The average Bonchev–Trinajstić information content (AvgIpc) is 3.18. The summed E-state index contributed by atoms with van der Waals surface area (Å²) in [5, 5.41) is 5.59. The molecule has 1 saturated heterocycles. The van der Waals surface area contributed by atoms with Crippen molar-refractivity contribution in [3.8, 4) is 0 Å². The van der Waals surface area contributed by atoms with E-state index in [1.165, 1.54) is 17.7 Å². The maximum Gasteiger partial charge on any atom is 0.225 e. The predicted octanol–water partition coefficient (Wildman–Crippen LogP) is 4.57. The normalized spacial score (nSPS) is 18.5. The first-order valence-corrected chi connectivity index (χ1v) is 8.81. The molecule has 1 atom stereocenters. The lowest BCUT2D eigenvalue weighted by molar-refractivity contribution is -0.116. The first-order chi connectivity index (χ1) is 10.7. The fourth-order valence-corrected chi connectivity index (χ4v) is 4.00. The molecule has 1 fully saturated rings. The molecule has 1 N–H and O–H groups in total. The van der Waals surface area contributed by atoms with Crippen LogP contribution in [-0.2, 0) is 4.79 Å². The molecule has 1 aliphatic rings. The summed E-state index contributed by atoms with van der Waals surface area (Å²) in [6.07, 6.45) is 2.88. The molecule has 5 heteroatoms. The van der Waals surface area contributed by atoms with Crippen LogP contribution in [0.2, 0.25) is 5.02 Å². The van der Waals surface area contributed by atoms with Crippen molar-refractivity contribution < 1.29 is 4.79 Å². The van der Waals surface area contributed by atoms with Gasteiger partial charge in [0, 0.05) is 23.9 Å². The van der Waals surface area contributed by atoms with Crippen LogP contribution in [-0.4, -0.2) is 23.9 Å². The van der Waals surface area contributed by atoms with Gasteiger partial charge in [-0.25, -0.2) is 0 Å². The van der Waals surface area contributed by atoms with E-state index in [0.717, 1.165) is 13.1 Å². The summed E-state index contributed by atoms with van der Waals surface area (Å²) in [6.45, 7) is 1.86. The van der Waals surface area contributed by atoms with Crippen LogP contribution in [0.3, 0.4) is 0 Å². The zero-order valence-corrected chi connectivity index (χ0v) is 13.9. The highest BCUT2D eigenvalue weighted by Crippen LogP contribution is 2.34. The number of anilines is 1. The second kappa shape index (κ2) is 7.27. The van der Waals surface area contributed by atoms with Crippen LogP contribution in [0.15, 0.2) is 41.8 Å². The molecule has 3 nitrogen and oxygen atoms in total. The highest BCUT2D eigenvalue weighted by Gasteiger charge is 2.26. The van der Waals surface area contributed by atoms with Gasteiger partial charge in [0.25, 0.3) is 0 Å². The number of halogens is 1. The Morgan fingerprint density at radius 3 is 2.95 bits per heavy atom. The van der Waals surface area contributed by atoms with Gasteiger partial charge < -0.3 is 5.32 Å².